The highest BCUT2D eigenvalue weighted by Gasteiger charge is 2.54. The molecule has 0 nitrogen and oxygen atoms in total. The topological polar surface area (TPSA) is 0 Å². The highest BCUT2D eigenvalue weighted by atomic mass is 14.6. The third kappa shape index (κ3) is 1.61. The Kier molecular flexibility index (Phi) is 2.66. The molecule has 0 aromatic carbocycles. The number of hydrogen-bond acceptors (Lipinski definition) is 0. The molecule has 0 bridgehead atoms. The molecule has 0 aromatic rings. The van der Waals surface area contributed by atoms with Crippen LogP contribution in [0.3, 0.4) is 0 Å². The van der Waals surface area contributed by atoms with Crippen LogP contribution in [0.5, 0.6) is 0 Å². The Morgan fingerprint density at radius 1 is 0.929 bits per heavy atom. The van der Waals surface area contributed by atoms with Crippen molar-refractivity contribution >= 4 is 0 Å². The molecule has 0 radical (unpaired) electrons. The molecule has 0 amide bonds. The Balaban J connectivity index is 2.16. The van der Waals surface area contributed by atoms with Crippen LogP contribution in [0.25, 0.3) is 0 Å². The first kappa shape index (κ1) is 10.5. The Bertz CT molecular complexity index is 198. The molecule has 2 fully saturated rings. The van der Waals surface area contributed by atoms with Gasteiger partial charge in [-0.05, 0) is 54.8 Å². The maximum absolute atomic E-state index is 2.45. The minimum absolute atomic E-state index is 0.821. The van der Waals surface area contributed by atoms with E-state index >= 15 is 0 Å². The molecule has 2 saturated carbocycles. The second-order valence-electron chi connectivity index (χ2n) is 6.43. The molecular formula is C14H26. The summed E-state index contributed by atoms with van der Waals surface area (Å²) in [6.45, 7) is 9.76. The van der Waals surface area contributed by atoms with Crippen LogP contribution in [0.4, 0.5) is 0 Å². The van der Waals surface area contributed by atoms with Gasteiger partial charge >= 0.3 is 0 Å². The molecule has 2 aliphatic rings. The monoisotopic (exact) mass is 194 g/mol. The van der Waals surface area contributed by atoms with E-state index in [-0.39, 0.29) is 0 Å². The lowest BCUT2D eigenvalue weighted by Crippen LogP contribution is -2.36. The fraction of sp³-hybridized carbons (Fsp3) is 1.00. The summed E-state index contributed by atoms with van der Waals surface area (Å²) in [5.74, 6) is 3.87. The van der Waals surface area contributed by atoms with Crippen LogP contribution < -0.4 is 0 Å². The molecule has 2 rings (SSSR count). The first-order valence-electron chi connectivity index (χ1n) is 6.57. The van der Waals surface area contributed by atoms with Gasteiger partial charge in [0.1, 0.15) is 0 Å². The van der Waals surface area contributed by atoms with Crippen molar-refractivity contribution < 1.29 is 0 Å². The summed E-state index contributed by atoms with van der Waals surface area (Å²) < 4.78 is 0. The average molecular weight is 194 g/mol. The molecule has 0 N–H and O–H groups in total. The molecule has 2 atom stereocenters. The standard InChI is InChI=1S/C14H26/c1-10(2)12-6-5-7-14(8-9-14)13(12)11(3)4/h10-13H,5-9H2,1-4H3. The summed E-state index contributed by atoms with van der Waals surface area (Å²) in [6, 6.07) is 0. The van der Waals surface area contributed by atoms with E-state index in [2.05, 4.69) is 27.7 Å². The minimum Gasteiger partial charge on any atom is -0.0625 e. The van der Waals surface area contributed by atoms with Gasteiger partial charge in [-0.1, -0.05) is 34.1 Å². The van der Waals surface area contributed by atoms with Gasteiger partial charge in [0.05, 0.1) is 0 Å². The Morgan fingerprint density at radius 3 is 2.00 bits per heavy atom. The van der Waals surface area contributed by atoms with E-state index in [4.69, 9.17) is 0 Å². The van der Waals surface area contributed by atoms with Crippen LogP contribution in [0.15, 0.2) is 0 Å². The van der Waals surface area contributed by atoms with Gasteiger partial charge in [-0.25, -0.2) is 0 Å². The SMILES string of the molecule is CC(C)C1CCCC2(CC2)C1C(C)C. The first-order chi connectivity index (χ1) is 6.57. The second-order valence-corrected chi connectivity index (χ2v) is 6.43. The third-order valence-electron chi connectivity index (χ3n) is 4.85. The fourth-order valence-corrected chi connectivity index (χ4v) is 4.18. The molecular weight excluding hydrogens is 168 g/mol. The number of hydrogen-bond donors (Lipinski definition) is 0. The van der Waals surface area contributed by atoms with E-state index in [1.54, 1.807) is 19.3 Å². The van der Waals surface area contributed by atoms with Gasteiger partial charge in [0.15, 0.2) is 0 Å². The van der Waals surface area contributed by atoms with Crippen LogP contribution in [-0.4, -0.2) is 0 Å². The third-order valence-corrected chi connectivity index (χ3v) is 4.85. The van der Waals surface area contributed by atoms with E-state index < -0.39 is 0 Å². The molecule has 1 spiro atoms. The van der Waals surface area contributed by atoms with Crippen LogP contribution in [0.2, 0.25) is 0 Å². The lowest BCUT2D eigenvalue weighted by Gasteiger charge is -2.43. The zero-order valence-corrected chi connectivity index (χ0v) is 10.3. The van der Waals surface area contributed by atoms with Gasteiger partial charge in [-0.3, -0.25) is 0 Å². The summed E-state index contributed by atoms with van der Waals surface area (Å²) in [7, 11) is 0. The minimum atomic E-state index is 0.821. The molecule has 0 heteroatoms. The summed E-state index contributed by atoms with van der Waals surface area (Å²) >= 11 is 0. The molecule has 0 aromatic heterocycles. The van der Waals surface area contributed by atoms with Crippen LogP contribution in [-0.2, 0) is 0 Å². The maximum Gasteiger partial charge on any atom is -0.0264 e. The van der Waals surface area contributed by atoms with Gasteiger partial charge in [-0.15, -0.1) is 0 Å². The predicted octanol–water partition coefficient (Wildman–Crippen LogP) is 4.49. The second kappa shape index (κ2) is 3.54. The van der Waals surface area contributed by atoms with Crippen molar-refractivity contribution in [1.82, 2.24) is 0 Å². The van der Waals surface area contributed by atoms with E-state index in [0.29, 0.717) is 0 Å². The van der Waals surface area contributed by atoms with Gasteiger partial charge < -0.3 is 0 Å². The predicted molar refractivity (Wildman–Crippen MR) is 62.2 cm³/mol. The zero-order chi connectivity index (χ0) is 10.3. The molecule has 82 valence electrons. The maximum atomic E-state index is 2.45. The smallest absolute Gasteiger partial charge is 0.0264 e. The van der Waals surface area contributed by atoms with Crippen LogP contribution >= 0.6 is 0 Å². The Hall–Kier alpha value is 0. The molecule has 0 aliphatic heterocycles. The van der Waals surface area contributed by atoms with Crippen LogP contribution in [0.1, 0.15) is 59.8 Å². The van der Waals surface area contributed by atoms with E-state index in [1.165, 1.54) is 12.8 Å². The first-order valence-corrected chi connectivity index (χ1v) is 6.57. The van der Waals surface area contributed by atoms with Crippen molar-refractivity contribution in [3.05, 3.63) is 0 Å². The Morgan fingerprint density at radius 2 is 1.57 bits per heavy atom. The molecule has 2 aliphatic carbocycles. The van der Waals surface area contributed by atoms with Gasteiger partial charge in [0.2, 0.25) is 0 Å². The largest absolute Gasteiger partial charge is 0.0625 e. The van der Waals surface area contributed by atoms with E-state index in [9.17, 15) is 0 Å². The molecule has 2 unspecified atom stereocenters. The van der Waals surface area contributed by atoms with Crippen molar-refractivity contribution in [3.63, 3.8) is 0 Å². The van der Waals surface area contributed by atoms with Crippen molar-refractivity contribution in [2.24, 2.45) is 29.1 Å². The zero-order valence-electron chi connectivity index (χ0n) is 10.3. The summed E-state index contributed by atoms with van der Waals surface area (Å²) in [6.07, 6.45) is 7.63. The molecule has 14 heavy (non-hydrogen) atoms. The quantitative estimate of drug-likeness (QED) is 0.607. The summed E-state index contributed by atoms with van der Waals surface area (Å²) in [4.78, 5) is 0. The van der Waals surface area contributed by atoms with Crippen molar-refractivity contribution in [1.29, 1.82) is 0 Å². The lowest BCUT2D eigenvalue weighted by molar-refractivity contribution is 0.0574. The molecule has 0 heterocycles. The van der Waals surface area contributed by atoms with Crippen molar-refractivity contribution in [3.8, 4) is 0 Å². The van der Waals surface area contributed by atoms with Gasteiger partial charge in [0.25, 0.3) is 0 Å². The Labute approximate surface area is 89.5 Å². The van der Waals surface area contributed by atoms with E-state index in [1.807, 2.05) is 0 Å². The van der Waals surface area contributed by atoms with E-state index in [0.717, 1.165) is 29.1 Å². The van der Waals surface area contributed by atoms with Gasteiger partial charge in [0, 0.05) is 0 Å². The van der Waals surface area contributed by atoms with Crippen molar-refractivity contribution in [2.45, 2.75) is 59.8 Å². The lowest BCUT2D eigenvalue weighted by atomic mass is 9.62. The normalized spacial score (nSPS) is 35.6. The highest BCUT2D eigenvalue weighted by Crippen LogP contribution is 2.64. The van der Waals surface area contributed by atoms with Gasteiger partial charge in [-0.2, -0.15) is 0 Å². The summed E-state index contributed by atoms with van der Waals surface area (Å²) in [5.41, 5.74) is 0.821. The average Bonchev–Trinajstić information content (AvgIpc) is 2.84. The summed E-state index contributed by atoms with van der Waals surface area (Å²) in [5, 5.41) is 0. The van der Waals surface area contributed by atoms with Crippen LogP contribution in [0, 0.1) is 29.1 Å². The van der Waals surface area contributed by atoms with Crippen molar-refractivity contribution in [2.75, 3.05) is 0 Å². The fourth-order valence-electron chi connectivity index (χ4n) is 4.18. The number of rotatable bonds is 2. The highest BCUT2D eigenvalue weighted by molar-refractivity contribution is 5.04. The molecule has 0 saturated heterocycles.